The molecule has 0 spiro atoms. The molecular formula is C17H33N3S. The highest BCUT2D eigenvalue weighted by atomic mass is 32.1. The largest absolute Gasteiger partial charge is 0.326 e. The Morgan fingerprint density at radius 1 is 1.10 bits per heavy atom. The highest BCUT2D eigenvalue weighted by Crippen LogP contribution is 2.27. The van der Waals surface area contributed by atoms with Crippen LogP contribution in [-0.2, 0) is 0 Å². The van der Waals surface area contributed by atoms with Gasteiger partial charge in [-0.25, -0.2) is 0 Å². The van der Waals surface area contributed by atoms with Crippen LogP contribution in [0.3, 0.4) is 0 Å². The van der Waals surface area contributed by atoms with Gasteiger partial charge in [-0.2, -0.15) is 11.3 Å². The second-order valence-corrected chi connectivity index (χ2v) is 6.36. The van der Waals surface area contributed by atoms with E-state index in [-0.39, 0.29) is 6.04 Å². The fourth-order valence-corrected chi connectivity index (χ4v) is 3.62. The number of hydrogen-bond acceptors (Lipinski definition) is 4. The number of nitrogens with zero attached hydrogens (tertiary/aromatic N) is 2. The standard InChI is InChI=1S/C17H33N3S/c1-5-16(18)17(15-10-13-21-14-15)20(8-4)12-9-11-19(6-2)7-3/h10,13-14,16-17H,5-9,11-12,18H2,1-4H3. The predicted molar refractivity (Wildman–Crippen MR) is 95.0 cm³/mol. The molecule has 3 nitrogen and oxygen atoms in total. The first kappa shape index (κ1) is 18.6. The zero-order chi connectivity index (χ0) is 15.7. The van der Waals surface area contributed by atoms with Crippen LogP contribution in [0.5, 0.6) is 0 Å². The van der Waals surface area contributed by atoms with Gasteiger partial charge >= 0.3 is 0 Å². The quantitative estimate of drug-likeness (QED) is 0.678. The van der Waals surface area contributed by atoms with Gasteiger partial charge in [-0.3, -0.25) is 4.90 Å². The van der Waals surface area contributed by atoms with Crippen molar-refractivity contribution in [3.05, 3.63) is 22.4 Å². The van der Waals surface area contributed by atoms with Gasteiger partial charge in [-0.05, 0) is 61.4 Å². The van der Waals surface area contributed by atoms with Gasteiger partial charge < -0.3 is 10.6 Å². The third kappa shape index (κ3) is 5.70. The lowest BCUT2D eigenvalue weighted by molar-refractivity contribution is 0.165. The first-order chi connectivity index (χ1) is 10.2. The molecule has 0 aliphatic carbocycles. The Kier molecular flexibility index (Phi) is 9.16. The van der Waals surface area contributed by atoms with Crippen LogP contribution in [0, 0.1) is 0 Å². The third-order valence-electron chi connectivity index (χ3n) is 4.38. The van der Waals surface area contributed by atoms with Gasteiger partial charge in [0.05, 0.1) is 6.04 Å². The lowest BCUT2D eigenvalue weighted by Gasteiger charge is -2.35. The van der Waals surface area contributed by atoms with Gasteiger partial charge in [0.25, 0.3) is 0 Å². The molecule has 1 aromatic heterocycles. The van der Waals surface area contributed by atoms with Gasteiger partial charge in [-0.1, -0.05) is 27.7 Å². The highest BCUT2D eigenvalue weighted by Gasteiger charge is 2.24. The van der Waals surface area contributed by atoms with E-state index < -0.39 is 0 Å². The molecule has 2 atom stereocenters. The predicted octanol–water partition coefficient (Wildman–Crippen LogP) is 3.58. The fourth-order valence-electron chi connectivity index (χ4n) is 2.93. The second-order valence-electron chi connectivity index (χ2n) is 5.58. The number of thiophene rings is 1. The number of nitrogens with two attached hydrogens (primary N) is 1. The smallest absolute Gasteiger partial charge is 0.0507 e. The van der Waals surface area contributed by atoms with Crippen molar-refractivity contribution in [1.29, 1.82) is 0 Å². The average molecular weight is 312 g/mol. The van der Waals surface area contributed by atoms with Gasteiger partial charge in [-0.15, -0.1) is 0 Å². The van der Waals surface area contributed by atoms with Crippen LogP contribution in [0.15, 0.2) is 16.8 Å². The molecule has 0 radical (unpaired) electrons. The van der Waals surface area contributed by atoms with Crippen molar-refractivity contribution >= 4 is 11.3 Å². The molecule has 1 rings (SSSR count). The molecule has 1 heterocycles. The van der Waals surface area contributed by atoms with E-state index in [1.54, 1.807) is 11.3 Å². The van der Waals surface area contributed by atoms with Gasteiger partial charge in [0.2, 0.25) is 0 Å². The third-order valence-corrected chi connectivity index (χ3v) is 5.08. The molecule has 0 aliphatic heterocycles. The van der Waals surface area contributed by atoms with Crippen molar-refractivity contribution in [2.75, 3.05) is 32.7 Å². The van der Waals surface area contributed by atoms with Crippen LogP contribution in [0.4, 0.5) is 0 Å². The summed E-state index contributed by atoms with van der Waals surface area (Å²) in [4.78, 5) is 5.05. The van der Waals surface area contributed by atoms with Gasteiger partial charge in [0.1, 0.15) is 0 Å². The molecule has 122 valence electrons. The van der Waals surface area contributed by atoms with Crippen LogP contribution in [0.2, 0.25) is 0 Å². The molecule has 0 aromatic carbocycles. The van der Waals surface area contributed by atoms with E-state index in [0.717, 1.165) is 32.6 Å². The Labute approximate surface area is 135 Å². The van der Waals surface area contributed by atoms with Crippen LogP contribution in [0.1, 0.15) is 52.1 Å². The Bertz CT molecular complexity index is 349. The van der Waals surface area contributed by atoms with E-state index in [4.69, 9.17) is 5.73 Å². The minimum Gasteiger partial charge on any atom is -0.326 e. The minimum atomic E-state index is 0.216. The van der Waals surface area contributed by atoms with Gasteiger partial charge in [0.15, 0.2) is 0 Å². The van der Waals surface area contributed by atoms with E-state index in [0.29, 0.717) is 6.04 Å². The summed E-state index contributed by atoms with van der Waals surface area (Å²) in [5, 5.41) is 4.42. The Morgan fingerprint density at radius 2 is 1.81 bits per heavy atom. The summed E-state index contributed by atoms with van der Waals surface area (Å²) in [5.74, 6) is 0. The molecule has 0 saturated carbocycles. The van der Waals surface area contributed by atoms with E-state index in [1.807, 2.05) is 0 Å². The summed E-state index contributed by atoms with van der Waals surface area (Å²) in [6, 6.07) is 2.81. The van der Waals surface area contributed by atoms with E-state index in [9.17, 15) is 0 Å². The molecule has 0 aliphatic rings. The molecular weight excluding hydrogens is 278 g/mol. The Balaban J connectivity index is 2.65. The van der Waals surface area contributed by atoms with E-state index in [2.05, 4.69) is 54.3 Å². The first-order valence-electron chi connectivity index (χ1n) is 8.41. The van der Waals surface area contributed by atoms with Crippen molar-refractivity contribution in [2.45, 2.75) is 52.6 Å². The molecule has 4 heteroatoms. The zero-order valence-electron chi connectivity index (χ0n) is 14.2. The van der Waals surface area contributed by atoms with Crippen LogP contribution < -0.4 is 5.73 Å². The second kappa shape index (κ2) is 10.3. The highest BCUT2D eigenvalue weighted by molar-refractivity contribution is 7.07. The molecule has 0 fully saturated rings. The van der Waals surface area contributed by atoms with Crippen molar-refractivity contribution < 1.29 is 0 Å². The molecule has 0 saturated heterocycles. The lowest BCUT2D eigenvalue weighted by Crippen LogP contribution is -2.41. The van der Waals surface area contributed by atoms with Crippen molar-refractivity contribution in [3.8, 4) is 0 Å². The van der Waals surface area contributed by atoms with E-state index in [1.165, 1.54) is 18.5 Å². The summed E-state index contributed by atoms with van der Waals surface area (Å²) in [6.45, 7) is 14.6. The van der Waals surface area contributed by atoms with Gasteiger partial charge in [0, 0.05) is 12.6 Å². The maximum Gasteiger partial charge on any atom is 0.0507 e. The molecule has 2 N–H and O–H groups in total. The number of rotatable bonds is 11. The summed E-state index contributed by atoms with van der Waals surface area (Å²) < 4.78 is 0. The summed E-state index contributed by atoms with van der Waals surface area (Å²) in [7, 11) is 0. The van der Waals surface area contributed by atoms with Crippen molar-refractivity contribution in [3.63, 3.8) is 0 Å². The lowest BCUT2D eigenvalue weighted by atomic mass is 9.98. The molecule has 21 heavy (non-hydrogen) atoms. The normalized spacial score (nSPS) is 14.8. The Hall–Kier alpha value is -0.420. The summed E-state index contributed by atoms with van der Waals surface area (Å²) in [5.41, 5.74) is 7.81. The maximum atomic E-state index is 6.42. The fraction of sp³-hybridized carbons (Fsp3) is 0.765. The monoisotopic (exact) mass is 311 g/mol. The Morgan fingerprint density at radius 3 is 2.29 bits per heavy atom. The zero-order valence-corrected chi connectivity index (χ0v) is 15.0. The van der Waals surface area contributed by atoms with Crippen molar-refractivity contribution in [2.24, 2.45) is 5.73 Å². The van der Waals surface area contributed by atoms with Crippen LogP contribution >= 0.6 is 11.3 Å². The van der Waals surface area contributed by atoms with Crippen molar-refractivity contribution in [1.82, 2.24) is 9.80 Å². The molecule has 0 amide bonds. The van der Waals surface area contributed by atoms with Crippen LogP contribution in [-0.4, -0.2) is 48.6 Å². The van der Waals surface area contributed by atoms with Crippen LogP contribution in [0.25, 0.3) is 0 Å². The topological polar surface area (TPSA) is 32.5 Å². The average Bonchev–Trinajstić information content (AvgIpc) is 3.03. The SMILES string of the molecule is CCC(N)C(c1ccsc1)N(CC)CCCN(CC)CC. The number of hydrogen-bond donors (Lipinski definition) is 1. The molecule has 0 bridgehead atoms. The summed E-state index contributed by atoms with van der Waals surface area (Å²) in [6.07, 6.45) is 2.24. The summed E-state index contributed by atoms with van der Waals surface area (Å²) >= 11 is 1.77. The molecule has 1 aromatic rings. The molecule has 2 unspecified atom stereocenters. The minimum absolute atomic E-state index is 0.216. The number of likely N-dealkylation sites (N-methyl/N-ethyl adjacent to an activating group) is 1. The maximum absolute atomic E-state index is 6.42. The first-order valence-corrected chi connectivity index (χ1v) is 9.36. The van der Waals surface area contributed by atoms with E-state index >= 15 is 0 Å².